The third-order valence-corrected chi connectivity index (χ3v) is 3.08. The lowest BCUT2D eigenvalue weighted by molar-refractivity contribution is 0.102. The van der Waals surface area contributed by atoms with Gasteiger partial charge in [-0.2, -0.15) is 0 Å². The summed E-state index contributed by atoms with van der Waals surface area (Å²) in [5.74, 6) is -0.935. The fourth-order valence-corrected chi connectivity index (χ4v) is 1.94. The predicted molar refractivity (Wildman–Crippen MR) is 78.5 cm³/mol. The van der Waals surface area contributed by atoms with Crippen LogP contribution >= 0.6 is 11.6 Å². The molecule has 1 N–H and O–H groups in total. The molecule has 0 unspecified atom stereocenters. The van der Waals surface area contributed by atoms with Crippen LogP contribution < -0.4 is 5.32 Å². The predicted octanol–water partition coefficient (Wildman–Crippen LogP) is 2.71. The molecule has 0 aliphatic carbocycles. The number of halogens is 2. The molecule has 1 amide bonds. The maximum Gasteiger partial charge on any atom is 0.276 e. The number of nitrogens with zero attached hydrogens (tertiary/aromatic N) is 4. The summed E-state index contributed by atoms with van der Waals surface area (Å²) >= 11 is 5.95. The summed E-state index contributed by atoms with van der Waals surface area (Å²) in [6.07, 6.45) is 5.97. The molecule has 0 radical (unpaired) electrons. The van der Waals surface area contributed by atoms with E-state index in [1.54, 1.807) is 18.5 Å². The van der Waals surface area contributed by atoms with Gasteiger partial charge < -0.3 is 5.32 Å². The van der Waals surface area contributed by atoms with Crippen LogP contribution in [0.5, 0.6) is 0 Å². The van der Waals surface area contributed by atoms with Crippen molar-refractivity contribution in [2.75, 3.05) is 5.32 Å². The highest BCUT2D eigenvalue weighted by Crippen LogP contribution is 2.18. The first-order chi connectivity index (χ1) is 10.6. The van der Waals surface area contributed by atoms with Crippen molar-refractivity contribution in [1.29, 1.82) is 0 Å². The standard InChI is InChI=1S/C14H9ClFN5O/c15-9-7-18-14(21-6-5-17-8-21)20-12(9)13(22)19-11-4-2-1-3-10(11)16/h1-8H,(H,19,22). The molecule has 0 aliphatic heterocycles. The van der Waals surface area contributed by atoms with Gasteiger partial charge in [-0.05, 0) is 12.1 Å². The first-order valence-electron chi connectivity index (χ1n) is 6.22. The average molecular weight is 318 g/mol. The van der Waals surface area contributed by atoms with E-state index in [4.69, 9.17) is 11.6 Å². The highest BCUT2D eigenvalue weighted by Gasteiger charge is 2.16. The fraction of sp³-hybridized carbons (Fsp3) is 0. The van der Waals surface area contributed by atoms with Crippen LogP contribution in [-0.2, 0) is 0 Å². The van der Waals surface area contributed by atoms with Crippen molar-refractivity contribution >= 4 is 23.2 Å². The molecule has 0 aliphatic rings. The van der Waals surface area contributed by atoms with Gasteiger partial charge in [0, 0.05) is 12.4 Å². The lowest BCUT2D eigenvalue weighted by Gasteiger charge is -2.08. The highest BCUT2D eigenvalue weighted by atomic mass is 35.5. The number of nitrogens with one attached hydrogen (secondary N) is 1. The number of imidazole rings is 1. The third-order valence-electron chi connectivity index (χ3n) is 2.80. The molecule has 8 heteroatoms. The Bertz CT molecular complexity index is 822. The molecular formula is C14H9ClFN5O. The summed E-state index contributed by atoms with van der Waals surface area (Å²) in [5, 5.41) is 2.49. The number of carbonyl (C=O) groups is 1. The Morgan fingerprint density at radius 3 is 2.86 bits per heavy atom. The van der Waals surface area contributed by atoms with Gasteiger partial charge in [-0.15, -0.1) is 0 Å². The van der Waals surface area contributed by atoms with Crippen LogP contribution in [0.1, 0.15) is 10.5 Å². The second kappa shape index (κ2) is 5.90. The van der Waals surface area contributed by atoms with Crippen LogP contribution in [0.4, 0.5) is 10.1 Å². The molecule has 22 heavy (non-hydrogen) atoms. The molecule has 2 aromatic heterocycles. The van der Waals surface area contributed by atoms with E-state index in [2.05, 4.69) is 20.3 Å². The van der Waals surface area contributed by atoms with Crippen LogP contribution in [0.25, 0.3) is 5.95 Å². The maximum absolute atomic E-state index is 13.6. The second-order valence-electron chi connectivity index (χ2n) is 4.27. The molecule has 1 aromatic carbocycles. The van der Waals surface area contributed by atoms with Gasteiger partial charge in [-0.1, -0.05) is 23.7 Å². The number of carbonyl (C=O) groups excluding carboxylic acids is 1. The van der Waals surface area contributed by atoms with E-state index in [1.165, 1.54) is 35.3 Å². The molecule has 0 bridgehead atoms. The Hall–Kier alpha value is -2.80. The van der Waals surface area contributed by atoms with E-state index in [-0.39, 0.29) is 22.4 Å². The smallest absolute Gasteiger partial charge is 0.276 e. The molecule has 0 fully saturated rings. The molecule has 0 atom stereocenters. The molecule has 2 heterocycles. The van der Waals surface area contributed by atoms with Crippen molar-refractivity contribution < 1.29 is 9.18 Å². The summed E-state index contributed by atoms with van der Waals surface area (Å²) in [6.45, 7) is 0. The van der Waals surface area contributed by atoms with Gasteiger partial charge in [0.1, 0.15) is 12.1 Å². The van der Waals surface area contributed by atoms with Crippen molar-refractivity contribution in [3.8, 4) is 5.95 Å². The van der Waals surface area contributed by atoms with Gasteiger partial charge in [0.2, 0.25) is 5.95 Å². The van der Waals surface area contributed by atoms with Gasteiger partial charge >= 0.3 is 0 Å². The summed E-state index contributed by atoms with van der Waals surface area (Å²) in [4.78, 5) is 24.2. The van der Waals surface area contributed by atoms with Crippen LogP contribution in [0.15, 0.2) is 49.2 Å². The third kappa shape index (κ3) is 2.79. The molecule has 0 saturated heterocycles. The van der Waals surface area contributed by atoms with E-state index in [1.807, 2.05) is 0 Å². The van der Waals surface area contributed by atoms with E-state index >= 15 is 0 Å². The van der Waals surface area contributed by atoms with E-state index in [0.29, 0.717) is 0 Å². The van der Waals surface area contributed by atoms with Crippen molar-refractivity contribution in [3.63, 3.8) is 0 Å². The van der Waals surface area contributed by atoms with E-state index < -0.39 is 11.7 Å². The number of para-hydroxylation sites is 1. The number of hydrogen-bond acceptors (Lipinski definition) is 4. The normalized spacial score (nSPS) is 10.5. The van der Waals surface area contributed by atoms with Crippen LogP contribution in [0.3, 0.4) is 0 Å². The van der Waals surface area contributed by atoms with Crippen molar-refractivity contribution in [1.82, 2.24) is 19.5 Å². The Labute approximate surface area is 129 Å². The zero-order valence-electron chi connectivity index (χ0n) is 11.1. The van der Waals surface area contributed by atoms with Crippen molar-refractivity contribution in [2.24, 2.45) is 0 Å². The number of hydrogen-bond donors (Lipinski definition) is 1. The molecule has 0 saturated carbocycles. The Morgan fingerprint density at radius 2 is 2.14 bits per heavy atom. The Balaban J connectivity index is 1.92. The van der Waals surface area contributed by atoms with Crippen molar-refractivity contribution in [2.45, 2.75) is 0 Å². The molecule has 0 spiro atoms. The quantitative estimate of drug-likeness (QED) is 0.806. The SMILES string of the molecule is O=C(Nc1ccccc1F)c1nc(-n2ccnc2)ncc1Cl. The number of rotatable bonds is 3. The van der Waals surface area contributed by atoms with E-state index in [0.717, 1.165) is 0 Å². The summed E-state index contributed by atoms with van der Waals surface area (Å²) in [6, 6.07) is 5.82. The van der Waals surface area contributed by atoms with Gasteiger partial charge in [0.25, 0.3) is 5.91 Å². The highest BCUT2D eigenvalue weighted by molar-refractivity contribution is 6.33. The van der Waals surface area contributed by atoms with Crippen LogP contribution in [0, 0.1) is 5.82 Å². The minimum absolute atomic E-state index is 0.0476. The zero-order valence-corrected chi connectivity index (χ0v) is 11.8. The second-order valence-corrected chi connectivity index (χ2v) is 4.68. The monoisotopic (exact) mass is 317 g/mol. The number of anilines is 1. The van der Waals surface area contributed by atoms with Gasteiger partial charge in [0.15, 0.2) is 5.69 Å². The molecular weight excluding hydrogens is 309 g/mol. The molecule has 3 aromatic rings. The first kappa shape index (κ1) is 14.2. The minimum atomic E-state index is -0.626. The Morgan fingerprint density at radius 1 is 1.32 bits per heavy atom. The molecule has 110 valence electrons. The number of benzene rings is 1. The average Bonchev–Trinajstić information content (AvgIpc) is 3.04. The summed E-state index contributed by atoms with van der Waals surface area (Å²) in [5.41, 5.74) is -0.00465. The van der Waals surface area contributed by atoms with Gasteiger partial charge in [-0.3, -0.25) is 9.36 Å². The summed E-state index contributed by atoms with van der Waals surface area (Å²) in [7, 11) is 0. The molecule has 3 rings (SSSR count). The fourth-order valence-electron chi connectivity index (χ4n) is 1.76. The van der Waals surface area contributed by atoms with Gasteiger partial charge in [-0.25, -0.2) is 19.3 Å². The first-order valence-corrected chi connectivity index (χ1v) is 6.59. The maximum atomic E-state index is 13.6. The number of amides is 1. The van der Waals surface area contributed by atoms with Crippen molar-refractivity contribution in [3.05, 3.63) is 65.7 Å². The van der Waals surface area contributed by atoms with Gasteiger partial charge in [0.05, 0.1) is 16.9 Å². The Kier molecular flexibility index (Phi) is 3.80. The largest absolute Gasteiger partial charge is 0.318 e. The lowest BCUT2D eigenvalue weighted by Crippen LogP contribution is -2.17. The molecule has 6 nitrogen and oxygen atoms in total. The number of aromatic nitrogens is 4. The van der Waals surface area contributed by atoms with Crippen LogP contribution in [-0.4, -0.2) is 25.4 Å². The van der Waals surface area contributed by atoms with E-state index in [9.17, 15) is 9.18 Å². The van der Waals surface area contributed by atoms with Crippen LogP contribution in [0.2, 0.25) is 5.02 Å². The lowest BCUT2D eigenvalue weighted by atomic mass is 10.3. The summed E-state index contributed by atoms with van der Waals surface area (Å²) < 4.78 is 15.1. The zero-order chi connectivity index (χ0) is 15.5. The topological polar surface area (TPSA) is 72.7 Å². The minimum Gasteiger partial charge on any atom is -0.318 e.